The van der Waals surface area contributed by atoms with Crippen molar-refractivity contribution in [1.82, 2.24) is 0 Å². The topological polar surface area (TPSA) is 46.5 Å². The molecule has 1 aliphatic heterocycles. The average Bonchev–Trinajstić information content (AvgIpc) is 2.56. The predicted molar refractivity (Wildman–Crippen MR) is 56.1 cm³/mol. The predicted octanol–water partition coefficient (Wildman–Crippen LogP) is 1.66. The van der Waals surface area contributed by atoms with Crippen molar-refractivity contribution in [2.45, 2.75) is 44.3 Å². The summed E-state index contributed by atoms with van der Waals surface area (Å²) in [7, 11) is 0. The molecule has 2 rings (SSSR count). The summed E-state index contributed by atoms with van der Waals surface area (Å²) in [4.78, 5) is 11.3. The summed E-state index contributed by atoms with van der Waals surface area (Å²) in [6, 6.07) is 0. The molecule has 3 nitrogen and oxygen atoms in total. The molecule has 1 heterocycles. The van der Waals surface area contributed by atoms with Gasteiger partial charge in [-0.05, 0) is 18.8 Å². The first-order valence-corrected chi connectivity index (χ1v) is 5.75. The van der Waals surface area contributed by atoms with E-state index >= 15 is 0 Å². The Morgan fingerprint density at radius 1 is 1.33 bits per heavy atom. The monoisotopic (exact) mass is 210 g/mol. The summed E-state index contributed by atoms with van der Waals surface area (Å²) in [5, 5.41) is 9.61. The van der Waals surface area contributed by atoms with Crippen molar-refractivity contribution in [1.29, 1.82) is 0 Å². The third kappa shape index (κ3) is 1.93. The van der Waals surface area contributed by atoms with E-state index in [0.29, 0.717) is 5.92 Å². The second kappa shape index (κ2) is 4.35. The maximum Gasteiger partial charge on any atom is 0.336 e. The van der Waals surface area contributed by atoms with Gasteiger partial charge in [0.1, 0.15) is 6.10 Å². The van der Waals surface area contributed by atoms with Gasteiger partial charge in [-0.2, -0.15) is 0 Å². The van der Waals surface area contributed by atoms with Crippen molar-refractivity contribution in [2.75, 3.05) is 0 Å². The maximum absolute atomic E-state index is 11.3. The van der Waals surface area contributed by atoms with Gasteiger partial charge in [0.15, 0.2) is 6.10 Å². The molecule has 0 aromatic rings. The third-order valence-corrected chi connectivity index (χ3v) is 3.62. The lowest BCUT2D eigenvalue weighted by Gasteiger charge is -2.28. The lowest BCUT2D eigenvalue weighted by molar-refractivity contribution is -0.149. The van der Waals surface area contributed by atoms with Crippen LogP contribution in [0.3, 0.4) is 0 Å². The zero-order chi connectivity index (χ0) is 10.8. The fraction of sp³-hybridized carbons (Fsp3) is 0.750. The van der Waals surface area contributed by atoms with Gasteiger partial charge < -0.3 is 9.84 Å². The molecule has 0 spiro atoms. The normalized spacial score (nSPS) is 37.7. The van der Waals surface area contributed by atoms with Gasteiger partial charge >= 0.3 is 5.97 Å². The Morgan fingerprint density at radius 3 is 2.60 bits per heavy atom. The lowest BCUT2D eigenvalue weighted by atomic mass is 9.80. The Bertz CT molecular complexity index is 256. The minimum absolute atomic E-state index is 0.134. The highest BCUT2D eigenvalue weighted by molar-refractivity contribution is 5.77. The summed E-state index contributed by atoms with van der Waals surface area (Å²) in [6.45, 7) is 3.68. The Hall–Kier alpha value is -0.830. The number of rotatable bonds is 2. The molecule has 0 unspecified atom stereocenters. The molecular weight excluding hydrogens is 192 g/mol. The van der Waals surface area contributed by atoms with E-state index in [0.717, 1.165) is 12.8 Å². The highest BCUT2D eigenvalue weighted by atomic mass is 16.6. The van der Waals surface area contributed by atoms with Gasteiger partial charge in [0, 0.05) is 0 Å². The standard InChI is InChI=1S/C12H18O3/c1-2-9-10(13)12(14)15-11(9)8-6-4-3-5-7-8/h2,8-11,13H,1,3-7H2/t9-,10+,11+/m0/s1. The number of hydrogen-bond acceptors (Lipinski definition) is 3. The van der Waals surface area contributed by atoms with E-state index in [1.54, 1.807) is 6.08 Å². The van der Waals surface area contributed by atoms with Crippen LogP contribution >= 0.6 is 0 Å². The molecule has 0 amide bonds. The molecule has 1 saturated carbocycles. The number of aliphatic hydroxyl groups is 1. The SMILES string of the molecule is C=C[C@@H]1[C@@H](C2CCCCC2)OC(=O)[C@@H]1O. The molecule has 1 N–H and O–H groups in total. The summed E-state index contributed by atoms with van der Waals surface area (Å²) in [5.74, 6) is -0.265. The first-order chi connectivity index (χ1) is 7.24. The van der Waals surface area contributed by atoms with Crippen molar-refractivity contribution in [2.24, 2.45) is 11.8 Å². The van der Waals surface area contributed by atoms with Crippen molar-refractivity contribution < 1.29 is 14.6 Å². The number of carbonyl (C=O) groups is 1. The first kappa shape index (κ1) is 10.7. The molecule has 1 saturated heterocycles. The van der Waals surface area contributed by atoms with Gasteiger partial charge in [0.25, 0.3) is 0 Å². The second-order valence-corrected chi connectivity index (χ2v) is 4.56. The molecule has 0 aromatic heterocycles. The number of carbonyl (C=O) groups excluding carboxylic acids is 1. The van der Waals surface area contributed by atoms with Crippen LogP contribution in [0, 0.1) is 11.8 Å². The molecule has 2 aliphatic rings. The van der Waals surface area contributed by atoms with E-state index in [4.69, 9.17) is 4.74 Å². The van der Waals surface area contributed by atoms with E-state index in [9.17, 15) is 9.90 Å². The number of cyclic esters (lactones) is 1. The molecule has 0 radical (unpaired) electrons. The van der Waals surface area contributed by atoms with Crippen molar-refractivity contribution in [3.05, 3.63) is 12.7 Å². The van der Waals surface area contributed by atoms with Crippen LogP contribution in [0.15, 0.2) is 12.7 Å². The molecular formula is C12H18O3. The minimum Gasteiger partial charge on any atom is -0.459 e. The summed E-state index contributed by atoms with van der Waals surface area (Å²) in [6.07, 6.45) is 6.44. The Balaban J connectivity index is 2.07. The highest BCUT2D eigenvalue weighted by Gasteiger charge is 2.45. The van der Waals surface area contributed by atoms with Crippen molar-refractivity contribution >= 4 is 5.97 Å². The zero-order valence-electron chi connectivity index (χ0n) is 8.89. The van der Waals surface area contributed by atoms with Gasteiger partial charge in [-0.3, -0.25) is 0 Å². The second-order valence-electron chi connectivity index (χ2n) is 4.56. The van der Waals surface area contributed by atoms with E-state index in [-0.39, 0.29) is 12.0 Å². The van der Waals surface area contributed by atoms with Crippen LogP contribution in [0.5, 0.6) is 0 Å². The van der Waals surface area contributed by atoms with Crippen LogP contribution in [0.4, 0.5) is 0 Å². The molecule has 2 fully saturated rings. The van der Waals surface area contributed by atoms with Crippen LogP contribution < -0.4 is 0 Å². The van der Waals surface area contributed by atoms with Crippen molar-refractivity contribution in [3.8, 4) is 0 Å². The summed E-state index contributed by atoms with van der Waals surface area (Å²) in [5.41, 5.74) is 0. The van der Waals surface area contributed by atoms with Crippen LogP contribution in [-0.2, 0) is 9.53 Å². The van der Waals surface area contributed by atoms with E-state index in [1.807, 2.05) is 0 Å². The fourth-order valence-corrected chi connectivity index (χ4v) is 2.76. The van der Waals surface area contributed by atoms with E-state index < -0.39 is 12.1 Å². The molecule has 3 atom stereocenters. The summed E-state index contributed by atoms with van der Waals surface area (Å²) >= 11 is 0. The Morgan fingerprint density at radius 2 is 2.00 bits per heavy atom. The zero-order valence-corrected chi connectivity index (χ0v) is 8.89. The molecule has 1 aliphatic carbocycles. The van der Waals surface area contributed by atoms with Gasteiger partial charge in [-0.15, -0.1) is 6.58 Å². The smallest absolute Gasteiger partial charge is 0.336 e. The number of ether oxygens (including phenoxy) is 1. The minimum atomic E-state index is -0.991. The van der Waals surface area contributed by atoms with Gasteiger partial charge in [0.05, 0.1) is 5.92 Å². The van der Waals surface area contributed by atoms with Crippen molar-refractivity contribution in [3.63, 3.8) is 0 Å². The average molecular weight is 210 g/mol. The third-order valence-electron chi connectivity index (χ3n) is 3.62. The van der Waals surface area contributed by atoms with Gasteiger partial charge in [0.2, 0.25) is 0 Å². The Kier molecular flexibility index (Phi) is 3.10. The molecule has 15 heavy (non-hydrogen) atoms. The maximum atomic E-state index is 11.3. The number of hydrogen-bond donors (Lipinski definition) is 1. The number of esters is 1. The lowest BCUT2D eigenvalue weighted by Crippen LogP contribution is -2.30. The van der Waals surface area contributed by atoms with E-state index in [1.165, 1.54) is 19.3 Å². The van der Waals surface area contributed by atoms with E-state index in [2.05, 4.69) is 6.58 Å². The quantitative estimate of drug-likeness (QED) is 0.557. The largest absolute Gasteiger partial charge is 0.459 e. The van der Waals surface area contributed by atoms with Crippen LogP contribution in [-0.4, -0.2) is 23.3 Å². The first-order valence-electron chi connectivity index (χ1n) is 5.75. The number of aliphatic hydroxyl groups excluding tert-OH is 1. The molecule has 3 heteroatoms. The van der Waals surface area contributed by atoms with Gasteiger partial charge in [-0.25, -0.2) is 4.79 Å². The molecule has 84 valence electrons. The Labute approximate surface area is 90.1 Å². The molecule has 0 bridgehead atoms. The summed E-state index contributed by atoms with van der Waals surface area (Å²) < 4.78 is 5.26. The van der Waals surface area contributed by atoms with Crippen LogP contribution in [0.2, 0.25) is 0 Å². The van der Waals surface area contributed by atoms with Crippen LogP contribution in [0.25, 0.3) is 0 Å². The molecule has 0 aromatic carbocycles. The van der Waals surface area contributed by atoms with Gasteiger partial charge in [-0.1, -0.05) is 25.3 Å². The fourth-order valence-electron chi connectivity index (χ4n) is 2.76. The van der Waals surface area contributed by atoms with Crippen LogP contribution in [0.1, 0.15) is 32.1 Å². The highest BCUT2D eigenvalue weighted by Crippen LogP contribution is 2.36.